The molecule has 2 aromatic carbocycles. The average molecular weight is 484 g/mol. The number of rotatable bonds is 7. The zero-order chi connectivity index (χ0) is 22.5. The van der Waals surface area contributed by atoms with E-state index in [-0.39, 0.29) is 11.7 Å². The number of carbonyl (C=O) groups excluding carboxylic acids is 1. The monoisotopic (exact) mass is 483 g/mol. The summed E-state index contributed by atoms with van der Waals surface area (Å²) in [7, 11) is 0. The second-order valence-corrected chi connectivity index (χ2v) is 8.62. The van der Waals surface area contributed by atoms with Crippen LogP contribution >= 0.6 is 35.0 Å². The first-order valence-electron chi connectivity index (χ1n) is 9.88. The molecule has 9 heteroatoms. The molecule has 0 spiro atoms. The van der Waals surface area contributed by atoms with E-state index in [1.54, 1.807) is 30.6 Å². The second-order valence-electron chi connectivity index (χ2n) is 6.86. The van der Waals surface area contributed by atoms with Crippen molar-refractivity contribution in [2.45, 2.75) is 18.5 Å². The van der Waals surface area contributed by atoms with Gasteiger partial charge < -0.3 is 5.32 Å². The van der Waals surface area contributed by atoms with Crippen LogP contribution in [0.4, 0.5) is 5.69 Å². The number of pyridine rings is 1. The average Bonchev–Trinajstić information content (AvgIpc) is 3.25. The molecular weight excluding hydrogens is 465 g/mol. The summed E-state index contributed by atoms with van der Waals surface area (Å²) in [5, 5.41) is 13.0. The summed E-state index contributed by atoms with van der Waals surface area (Å²) in [4.78, 5) is 16.6. The molecule has 0 fully saturated rings. The van der Waals surface area contributed by atoms with Crippen molar-refractivity contribution in [3.05, 3.63) is 82.6 Å². The van der Waals surface area contributed by atoms with E-state index in [0.717, 1.165) is 17.7 Å². The van der Waals surface area contributed by atoms with Gasteiger partial charge in [-0.05, 0) is 54.4 Å². The van der Waals surface area contributed by atoms with Gasteiger partial charge in [-0.2, -0.15) is 0 Å². The number of aryl methyl sites for hydroxylation is 1. The fraction of sp³-hybridized carbons (Fsp3) is 0.130. The number of halogens is 2. The van der Waals surface area contributed by atoms with Crippen LogP contribution in [0.3, 0.4) is 0 Å². The van der Waals surface area contributed by atoms with Crippen LogP contribution in [0.25, 0.3) is 17.1 Å². The van der Waals surface area contributed by atoms with E-state index in [0.29, 0.717) is 26.7 Å². The van der Waals surface area contributed by atoms with Crippen molar-refractivity contribution < 1.29 is 4.79 Å². The van der Waals surface area contributed by atoms with Crippen molar-refractivity contribution in [2.24, 2.45) is 0 Å². The number of amides is 1. The zero-order valence-corrected chi connectivity index (χ0v) is 19.5. The molecular formula is C23H19Cl2N5OS. The summed E-state index contributed by atoms with van der Waals surface area (Å²) in [6, 6.07) is 17.0. The fourth-order valence-electron chi connectivity index (χ4n) is 3.07. The zero-order valence-electron chi connectivity index (χ0n) is 17.1. The van der Waals surface area contributed by atoms with Gasteiger partial charge in [0, 0.05) is 29.3 Å². The Kier molecular flexibility index (Phi) is 7.09. The normalized spacial score (nSPS) is 10.8. The van der Waals surface area contributed by atoms with Crippen LogP contribution in [0.1, 0.15) is 12.5 Å². The number of hydrogen-bond donors (Lipinski definition) is 1. The first-order valence-corrected chi connectivity index (χ1v) is 11.6. The van der Waals surface area contributed by atoms with Crippen LogP contribution in [0.5, 0.6) is 0 Å². The maximum Gasteiger partial charge on any atom is 0.234 e. The molecule has 162 valence electrons. The molecule has 0 aliphatic heterocycles. The molecule has 4 rings (SSSR count). The Morgan fingerprint density at radius 1 is 1.00 bits per heavy atom. The Hall–Kier alpha value is -2.87. The van der Waals surface area contributed by atoms with E-state index < -0.39 is 0 Å². The van der Waals surface area contributed by atoms with Crippen LogP contribution in [0.15, 0.2) is 72.1 Å². The van der Waals surface area contributed by atoms with Gasteiger partial charge in [0.1, 0.15) is 0 Å². The number of thioether (sulfide) groups is 1. The molecule has 4 aromatic rings. The van der Waals surface area contributed by atoms with Crippen LogP contribution < -0.4 is 5.32 Å². The number of carbonyl (C=O) groups is 1. The molecule has 32 heavy (non-hydrogen) atoms. The molecule has 0 aliphatic rings. The summed E-state index contributed by atoms with van der Waals surface area (Å²) in [5.74, 6) is 0.653. The highest BCUT2D eigenvalue weighted by Gasteiger charge is 2.17. The lowest BCUT2D eigenvalue weighted by atomic mass is 10.1. The van der Waals surface area contributed by atoms with Gasteiger partial charge in [0.15, 0.2) is 11.0 Å². The largest absolute Gasteiger partial charge is 0.325 e. The van der Waals surface area contributed by atoms with Crippen LogP contribution in [0.2, 0.25) is 10.0 Å². The Morgan fingerprint density at radius 2 is 1.75 bits per heavy atom. The minimum Gasteiger partial charge on any atom is -0.325 e. The summed E-state index contributed by atoms with van der Waals surface area (Å²) < 4.78 is 1.95. The number of nitrogens with one attached hydrogen (secondary N) is 1. The van der Waals surface area contributed by atoms with Crippen molar-refractivity contribution in [1.82, 2.24) is 19.7 Å². The topological polar surface area (TPSA) is 72.7 Å². The van der Waals surface area contributed by atoms with E-state index in [1.165, 1.54) is 17.3 Å². The van der Waals surface area contributed by atoms with Gasteiger partial charge >= 0.3 is 0 Å². The molecule has 1 amide bonds. The predicted molar refractivity (Wildman–Crippen MR) is 130 cm³/mol. The Balaban J connectivity index is 1.58. The molecule has 2 heterocycles. The van der Waals surface area contributed by atoms with Gasteiger partial charge in [-0.3, -0.25) is 14.3 Å². The molecule has 1 N–H and O–H groups in total. The van der Waals surface area contributed by atoms with E-state index in [2.05, 4.69) is 39.6 Å². The quantitative estimate of drug-likeness (QED) is 0.329. The van der Waals surface area contributed by atoms with E-state index in [4.69, 9.17) is 23.2 Å². The number of anilines is 1. The van der Waals surface area contributed by atoms with Crippen LogP contribution in [0, 0.1) is 0 Å². The number of nitrogens with zero attached hydrogens (tertiary/aromatic N) is 4. The molecule has 2 aromatic heterocycles. The SMILES string of the molecule is CCc1ccc(-n2c(SCC(=O)Nc3ccc(Cl)c(Cl)c3)nnc2-c2ccncc2)cc1. The third kappa shape index (κ3) is 5.12. The molecule has 0 saturated heterocycles. The third-order valence-corrected chi connectivity index (χ3v) is 6.38. The lowest BCUT2D eigenvalue weighted by molar-refractivity contribution is -0.113. The highest BCUT2D eigenvalue weighted by Crippen LogP contribution is 2.29. The molecule has 0 saturated carbocycles. The maximum atomic E-state index is 12.5. The Labute approximate surface area is 200 Å². The predicted octanol–water partition coefficient (Wildman–Crippen LogP) is 5.93. The lowest BCUT2D eigenvalue weighted by Gasteiger charge is -2.11. The van der Waals surface area contributed by atoms with Crippen LogP contribution in [-0.4, -0.2) is 31.4 Å². The highest BCUT2D eigenvalue weighted by atomic mass is 35.5. The van der Waals surface area contributed by atoms with Gasteiger partial charge in [0.05, 0.1) is 15.8 Å². The van der Waals surface area contributed by atoms with E-state index in [9.17, 15) is 4.79 Å². The summed E-state index contributed by atoms with van der Waals surface area (Å²) in [6.07, 6.45) is 4.38. The highest BCUT2D eigenvalue weighted by molar-refractivity contribution is 7.99. The van der Waals surface area contributed by atoms with Crippen molar-refractivity contribution in [2.75, 3.05) is 11.1 Å². The lowest BCUT2D eigenvalue weighted by Crippen LogP contribution is -2.14. The molecule has 0 aliphatic carbocycles. The molecule has 0 unspecified atom stereocenters. The molecule has 0 radical (unpaired) electrons. The standard InChI is InChI=1S/C23H19Cl2N5OS/c1-2-15-3-6-18(7-4-15)30-22(16-9-11-26-12-10-16)28-29-23(30)32-14-21(31)27-17-5-8-19(24)20(25)13-17/h3-13H,2,14H2,1H3,(H,27,31). The number of benzene rings is 2. The van der Waals surface area contributed by atoms with Crippen LogP contribution in [-0.2, 0) is 11.2 Å². The number of aromatic nitrogens is 4. The van der Waals surface area contributed by atoms with Crippen molar-refractivity contribution in [3.63, 3.8) is 0 Å². The van der Waals surface area contributed by atoms with Crippen molar-refractivity contribution in [3.8, 4) is 17.1 Å². The minimum absolute atomic E-state index is 0.155. The Bertz CT molecular complexity index is 1230. The maximum absolute atomic E-state index is 12.5. The smallest absolute Gasteiger partial charge is 0.234 e. The minimum atomic E-state index is -0.185. The first kappa shape index (κ1) is 22.3. The molecule has 6 nitrogen and oxygen atoms in total. The molecule has 0 bridgehead atoms. The fourth-order valence-corrected chi connectivity index (χ4v) is 4.12. The summed E-state index contributed by atoms with van der Waals surface area (Å²) >= 11 is 13.3. The van der Waals surface area contributed by atoms with Gasteiger partial charge in [-0.25, -0.2) is 0 Å². The van der Waals surface area contributed by atoms with Gasteiger partial charge in [0.25, 0.3) is 0 Å². The molecule has 0 atom stereocenters. The summed E-state index contributed by atoms with van der Waals surface area (Å²) in [6.45, 7) is 2.12. The van der Waals surface area contributed by atoms with E-state index >= 15 is 0 Å². The Morgan fingerprint density at radius 3 is 2.44 bits per heavy atom. The van der Waals surface area contributed by atoms with Crippen molar-refractivity contribution in [1.29, 1.82) is 0 Å². The number of hydrogen-bond acceptors (Lipinski definition) is 5. The van der Waals surface area contributed by atoms with Crippen molar-refractivity contribution >= 4 is 46.6 Å². The van der Waals surface area contributed by atoms with Gasteiger partial charge in [-0.1, -0.05) is 54.0 Å². The third-order valence-electron chi connectivity index (χ3n) is 4.71. The van der Waals surface area contributed by atoms with Gasteiger partial charge in [-0.15, -0.1) is 10.2 Å². The first-order chi connectivity index (χ1) is 15.5. The second kappa shape index (κ2) is 10.2. The van der Waals surface area contributed by atoms with E-state index in [1.807, 2.05) is 28.8 Å². The summed E-state index contributed by atoms with van der Waals surface area (Å²) in [5.41, 5.74) is 3.63. The van der Waals surface area contributed by atoms with Gasteiger partial charge in [0.2, 0.25) is 5.91 Å².